The average Bonchev–Trinajstić information content (AvgIpc) is 3.13. The number of hydrogen-bond acceptors (Lipinski definition) is 2. The lowest BCUT2D eigenvalue weighted by Gasteiger charge is -2.21. The number of amides is 1. The summed E-state index contributed by atoms with van der Waals surface area (Å²) in [7, 11) is 0. The molecule has 1 aromatic rings. The van der Waals surface area contributed by atoms with Gasteiger partial charge in [0.15, 0.2) is 0 Å². The predicted octanol–water partition coefficient (Wildman–Crippen LogP) is 2.19. The van der Waals surface area contributed by atoms with Crippen molar-refractivity contribution in [3.63, 3.8) is 0 Å². The minimum Gasteiger partial charge on any atom is -0.395 e. The fourth-order valence-corrected chi connectivity index (χ4v) is 2.13. The van der Waals surface area contributed by atoms with Crippen LogP contribution in [-0.2, 0) is 0 Å². The van der Waals surface area contributed by atoms with Crippen molar-refractivity contribution in [3.8, 4) is 0 Å². The SMILES string of the molecule is O=C(c1cccc(Br)c1F)N(CCO)C1CC1. The van der Waals surface area contributed by atoms with Crippen LogP contribution >= 0.6 is 15.9 Å². The Morgan fingerprint density at radius 2 is 2.24 bits per heavy atom. The normalized spacial score (nSPS) is 14.8. The monoisotopic (exact) mass is 301 g/mol. The third-order valence-corrected chi connectivity index (χ3v) is 3.38. The Balaban J connectivity index is 2.25. The van der Waals surface area contributed by atoms with E-state index in [0.29, 0.717) is 0 Å². The second kappa shape index (κ2) is 5.14. The van der Waals surface area contributed by atoms with E-state index in [-0.39, 0.29) is 35.1 Å². The number of carbonyl (C=O) groups is 1. The van der Waals surface area contributed by atoms with Gasteiger partial charge in [0, 0.05) is 12.6 Å². The van der Waals surface area contributed by atoms with E-state index in [0.717, 1.165) is 12.8 Å². The Labute approximate surface area is 107 Å². The number of carbonyl (C=O) groups excluding carboxylic acids is 1. The molecule has 92 valence electrons. The summed E-state index contributed by atoms with van der Waals surface area (Å²) in [6.07, 6.45) is 1.86. The van der Waals surface area contributed by atoms with E-state index in [1.54, 1.807) is 17.0 Å². The summed E-state index contributed by atoms with van der Waals surface area (Å²) in [4.78, 5) is 13.7. The minimum atomic E-state index is -0.541. The van der Waals surface area contributed by atoms with Crippen LogP contribution in [0.2, 0.25) is 0 Å². The summed E-state index contributed by atoms with van der Waals surface area (Å²) in [5.74, 6) is -0.888. The quantitative estimate of drug-likeness (QED) is 0.926. The van der Waals surface area contributed by atoms with Gasteiger partial charge in [0.05, 0.1) is 16.6 Å². The van der Waals surface area contributed by atoms with Crippen molar-refractivity contribution in [2.24, 2.45) is 0 Å². The van der Waals surface area contributed by atoms with E-state index < -0.39 is 5.82 Å². The van der Waals surface area contributed by atoms with Gasteiger partial charge >= 0.3 is 0 Å². The van der Waals surface area contributed by atoms with Crippen LogP contribution in [0.5, 0.6) is 0 Å². The van der Waals surface area contributed by atoms with Crippen LogP contribution in [0.1, 0.15) is 23.2 Å². The maximum Gasteiger partial charge on any atom is 0.257 e. The zero-order valence-electron chi connectivity index (χ0n) is 9.20. The largest absolute Gasteiger partial charge is 0.395 e. The van der Waals surface area contributed by atoms with Crippen molar-refractivity contribution >= 4 is 21.8 Å². The van der Waals surface area contributed by atoms with Gasteiger partial charge in [-0.2, -0.15) is 0 Å². The number of rotatable bonds is 4. The van der Waals surface area contributed by atoms with E-state index in [9.17, 15) is 9.18 Å². The highest BCUT2D eigenvalue weighted by Gasteiger charge is 2.33. The smallest absolute Gasteiger partial charge is 0.257 e. The van der Waals surface area contributed by atoms with E-state index in [1.165, 1.54) is 6.07 Å². The predicted molar refractivity (Wildman–Crippen MR) is 65.2 cm³/mol. The van der Waals surface area contributed by atoms with Crippen molar-refractivity contribution in [2.45, 2.75) is 18.9 Å². The molecule has 1 N–H and O–H groups in total. The molecular weight excluding hydrogens is 289 g/mol. The van der Waals surface area contributed by atoms with Gasteiger partial charge in [0.25, 0.3) is 5.91 Å². The number of aliphatic hydroxyl groups excluding tert-OH is 1. The van der Waals surface area contributed by atoms with Crippen molar-refractivity contribution in [1.82, 2.24) is 4.90 Å². The molecule has 0 unspecified atom stereocenters. The second-order valence-electron chi connectivity index (χ2n) is 4.05. The molecule has 0 spiro atoms. The van der Waals surface area contributed by atoms with Gasteiger partial charge in [-0.3, -0.25) is 4.79 Å². The summed E-state index contributed by atoms with van der Waals surface area (Å²) in [5.41, 5.74) is 0.0553. The Kier molecular flexibility index (Phi) is 3.79. The Hall–Kier alpha value is -0.940. The summed E-state index contributed by atoms with van der Waals surface area (Å²) >= 11 is 3.06. The van der Waals surface area contributed by atoms with Crippen molar-refractivity contribution < 1.29 is 14.3 Å². The fraction of sp³-hybridized carbons (Fsp3) is 0.417. The van der Waals surface area contributed by atoms with Gasteiger partial charge in [-0.1, -0.05) is 6.07 Å². The topological polar surface area (TPSA) is 40.5 Å². The zero-order valence-corrected chi connectivity index (χ0v) is 10.8. The van der Waals surface area contributed by atoms with Crippen LogP contribution in [0.25, 0.3) is 0 Å². The minimum absolute atomic E-state index is 0.0553. The molecule has 3 nitrogen and oxygen atoms in total. The number of benzene rings is 1. The maximum atomic E-state index is 13.8. The molecule has 1 aliphatic carbocycles. The van der Waals surface area contributed by atoms with Gasteiger partial charge in [-0.05, 0) is 40.9 Å². The molecule has 2 rings (SSSR count). The van der Waals surface area contributed by atoms with Gasteiger partial charge in [0.2, 0.25) is 0 Å². The van der Waals surface area contributed by atoms with Gasteiger partial charge in [-0.25, -0.2) is 4.39 Å². The van der Waals surface area contributed by atoms with Gasteiger partial charge in [-0.15, -0.1) is 0 Å². The van der Waals surface area contributed by atoms with Gasteiger partial charge < -0.3 is 10.0 Å². The van der Waals surface area contributed by atoms with Crippen molar-refractivity contribution in [2.75, 3.05) is 13.2 Å². The van der Waals surface area contributed by atoms with Crippen molar-refractivity contribution in [3.05, 3.63) is 34.1 Å². The lowest BCUT2D eigenvalue weighted by molar-refractivity contribution is 0.0702. The number of halogens is 2. The molecule has 1 fully saturated rings. The number of nitrogens with zero attached hydrogens (tertiary/aromatic N) is 1. The van der Waals surface area contributed by atoms with Crippen LogP contribution in [-0.4, -0.2) is 35.1 Å². The highest BCUT2D eigenvalue weighted by molar-refractivity contribution is 9.10. The van der Waals surface area contributed by atoms with Crippen LogP contribution < -0.4 is 0 Å². The summed E-state index contributed by atoms with van der Waals surface area (Å²) in [5, 5.41) is 8.94. The third-order valence-electron chi connectivity index (χ3n) is 2.77. The molecule has 1 saturated carbocycles. The maximum absolute atomic E-state index is 13.8. The molecule has 1 aliphatic rings. The molecule has 0 atom stereocenters. The average molecular weight is 302 g/mol. The molecular formula is C12H13BrFNO2. The first kappa shape index (κ1) is 12.5. The molecule has 0 aliphatic heterocycles. The number of aliphatic hydroxyl groups is 1. The van der Waals surface area contributed by atoms with E-state index in [1.807, 2.05) is 0 Å². The Morgan fingerprint density at radius 3 is 2.82 bits per heavy atom. The van der Waals surface area contributed by atoms with E-state index in [4.69, 9.17) is 5.11 Å². The van der Waals surface area contributed by atoms with Crippen LogP contribution in [0.15, 0.2) is 22.7 Å². The molecule has 0 saturated heterocycles. The lowest BCUT2D eigenvalue weighted by atomic mass is 10.2. The van der Waals surface area contributed by atoms with Gasteiger partial charge in [0.1, 0.15) is 5.82 Å². The third kappa shape index (κ3) is 2.66. The summed E-state index contributed by atoms with van der Waals surface area (Å²) in [6, 6.07) is 4.81. The highest BCUT2D eigenvalue weighted by atomic mass is 79.9. The van der Waals surface area contributed by atoms with Crippen LogP contribution in [0, 0.1) is 5.82 Å². The molecule has 17 heavy (non-hydrogen) atoms. The molecule has 1 amide bonds. The second-order valence-corrected chi connectivity index (χ2v) is 4.91. The molecule has 0 radical (unpaired) electrons. The Bertz CT molecular complexity index is 435. The first-order valence-corrected chi connectivity index (χ1v) is 6.30. The zero-order chi connectivity index (χ0) is 12.4. The van der Waals surface area contributed by atoms with E-state index in [2.05, 4.69) is 15.9 Å². The summed E-state index contributed by atoms with van der Waals surface area (Å²) in [6.45, 7) is 0.160. The Morgan fingerprint density at radius 1 is 1.53 bits per heavy atom. The highest BCUT2D eigenvalue weighted by Crippen LogP contribution is 2.29. The molecule has 0 aromatic heterocycles. The first-order chi connectivity index (χ1) is 8.15. The molecule has 5 heteroatoms. The molecule has 0 bridgehead atoms. The van der Waals surface area contributed by atoms with Crippen LogP contribution in [0.4, 0.5) is 4.39 Å². The van der Waals surface area contributed by atoms with E-state index >= 15 is 0 Å². The lowest BCUT2D eigenvalue weighted by Crippen LogP contribution is -2.36. The number of hydrogen-bond donors (Lipinski definition) is 1. The molecule has 0 heterocycles. The fourth-order valence-electron chi connectivity index (χ4n) is 1.77. The first-order valence-electron chi connectivity index (χ1n) is 5.51. The molecule has 1 aromatic carbocycles. The van der Waals surface area contributed by atoms with Crippen LogP contribution in [0.3, 0.4) is 0 Å². The standard InChI is InChI=1S/C12H13BrFNO2/c13-10-3-1-2-9(11(10)14)12(17)15(6-7-16)8-4-5-8/h1-3,8,16H,4-7H2. The summed E-state index contributed by atoms with van der Waals surface area (Å²) < 4.78 is 14.1. The van der Waals surface area contributed by atoms with Crippen molar-refractivity contribution in [1.29, 1.82) is 0 Å².